The van der Waals surface area contributed by atoms with Crippen LogP contribution in [0.15, 0.2) is 6.07 Å². The lowest BCUT2D eigenvalue weighted by Crippen LogP contribution is -2.31. The minimum atomic E-state index is -3.36. The van der Waals surface area contributed by atoms with Crippen molar-refractivity contribution in [1.29, 1.82) is 0 Å². The van der Waals surface area contributed by atoms with E-state index in [0.717, 1.165) is 19.3 Å². The maximum Gasteiger partial charge on any atom is 0.210 e. The van der Waals surface area contributed by atoms with E-state index in [1.54, 1.807) is 0 Å². The summed E-state index contributed by atoms with van der Waals surface area (Å²) in [6, 6.07) is 2.49. The Bertz CT molecular complexity index is 498. The number of sulfonamides is 1. The molecule has 4 nitrogen and oxygen atoms in total. The number of halogens is 1. The zero-order valence-corrected chi connectivity index (χ0v) is 13.1. The van der Waals surface area contributed by atoms with Crippen LogP contribution in [0.5, 0.6) is 0 Å². The van der Waals surface area contributed by atoms with Crippen molar-refractivity contribution in [3.63, 3.8) is 0 Å². The molecule has 1 aliphatic carbocycles. The molecular formula is C10H15IN2O2S2. The first-order chi connectivity index (χ1) is 7.96. The van der Waals surface area contributed by atoms with E-state index < -0.39 is 10.0 Å². The third-order valence-corrected chi connectivity index (χ3v) is 5.61. The second kappa shape index (κ2) is 5.52. The molecule has 1 aromatic heterocycles. The fourth-order valence-electron chi connectivity index (χ4n) is 2.11. The van der Waals surface area contributed by atoms with Crippen molar-refractivity contribution >= 4 is 44.0 Å². The van der Waals surface area contributed by atoms with Gasteiger partial charge >= 0.3 is 0 Å². The van der Waals surface area contributed by atoms with Crippen LogP contribution in [0.4, 0.5) is 0 Å². The Morgan fingerprint density at radius 3 is 3.06 bits per heavy atom. The number of primary sulfonamides is 1. The lowest BCUT2D eigenvalue weighted by Gasteiger charge is -2.23. The highest BCUT2D eigenvalue weighted by molar-refractivity contribution is 14.1. The monoisotopic (exact) mass is 386 g/mol. The van der Waals surface area contributed by atoms with Crippen LogP contribution < -0.4 is 10.5 Å². The molecule has 7 heteroatoms. The highest BCUT2D eigenvalue weighted by Crippen LogP contribution is 2.36. The second-order valence-electron chi connectivity index (χ2n) is 4.19. The van der Waals surface area contributed by atoms with Gasteiger partial charge in [0.15, 0.2) is 0 Å². The van der Waals surface area contributed by atoms with Gasteiger partial charge in [-0.2, -0.15) is 0 Å². The Kier molecular flexibility index (Phi) is 4.45. The van der Waals surface area contributed by atoms with Crippen molar-refractivity contribution in [1.82, 2.24) is 5.32 Å². The summed E-state index contributed by atoms with van der Waals surface area (Å²) >= 11 is 4.17. The van der Waals surface area contributed by atoms with E-state index in [9.17, 15) is 8.42 Å². The molecule has 1 aromatic rings. The van der Waals surface area contributed by atoms with Gasteiger partial charge in [0, 0.05) is 17.5 Å². The van der Waals surface area contributed by atoms with Gasteiger partial charge in [-0.1, -0.05) is 0 Å². The van der Waals surface area contributed by atoms with Crippen molar-refractivity contribution in [3.8, 4) is 0 Å². The second-order valence-corrected chi connectivity index (χ2v) is 8.96. The van der Waals surface area contributed by atoms with Crippen molar-refractivity contribution in [2.24, 2.45) is 5.14 Å². The van der Waals surface area contributed by atoms with Crippen LogP contribution in [-0.4, -0.2) is 20.7 Å². The van der Waals surface area contributed by atoms with Gasteiger partial charge in [0.1, 0.15) is 0 Å². The minimum absolute atomic E-state index is 0.0000621. The molecule has 0 aromatic carbocycles. The van der Waals surface area contributed by atoms with E-state index >= 15 is 0 Å². The molecule has 0 amide bonds. The maximum absolute atomic E-state index is 10.9. The molecule has 1 atom stereocenters. The average Bonchev–Trinajstić information content (AvgIpc) is 2.57. The molecule has 0 aliphatic heterocycles. The highest BCUT2D eigenvalue weighted by atomic mass is 127. The van der Waals surface area contributed by atoms with Crippen LogP contribution in [0.25, 0.3) is 0 Å². The Morgan fingerprint density at radius 1 is 1.59 bits per heavy atom. The van der Waals surface area contributed by atoms with Crippen molar-refractivity contribution in [3.05, 3.63) is 19.4 Å². The quantitative estimate of drug-likeness (QED) is 0.773. The molecule has 0 spiro atoms. The first-order valence-electron chi connectivity index (χ1n) is 5.47. The standard InChI is InChI=1S/C10H15IN2O2S2/c11-10-6-7-8(2-1-3-9(7)16-10)13-4-5-17(12,14)15/h6,8,13H,1-5H2,(H2,12,14,15). The molecular weight excluding hydrogens is 371 g/mol. The van der Waals surface area contributed by atoms with E-state index in [1.807, 2.05) is 11.3 Å². The summed E-state index contributed by atoms with van der Waals surface area (Å²) in [7, 11) is -3.36. The topological polar surface area (TPSA) is 72.2 Å². The van der Waals surface area contributed by atoms with Crippen LogP contribution in [0.1, 0.15) is 29.3 Å². The van der Waals surface area contributed by atoms with Gasteiger partial charge in [0.2, 0.25) is 10.0 Å². The van der Waals surface area contributed by atoms with E-state index in [-0.39, 0.29) is 5.75 Å². The Hall–Kier alpha value is 0.300. The molecule has 96 valence electrons. The summed E-state index contributed by atoms with van der Waals surface area (Å²) in [4.78, 5) is 1.44. The zero-order valence-electron chi connectivity index (χ0n) is 9.28. The smallest absolute Gasteiger partial charge is 0.210 e. The molecule has 0 radical (unpaired) electrons. The van der Waals surface area contributed by atoms with Crippen LogP contribution in [0.2, 0.25) is 0 Å². The highest BCUT2D eigenvalue weighted by Gasteiger charge is 2.22. The van der Waals surface area contributed by atoms with E-state index in [1.165, 1.54) is 13.3 Å². The first-order valence-corrected chi connectivity index (χ1v) is 9.09. The summed E-state index contributed by atoms with van der Waals surface area (Å²) in [5.41, 5.74) is 1.35. The number of aryl methyl sites for hydroxylation is 1. The van der Waals surface area contributed by atoms with Gasteiger partial charge in [-0.3, -0.25) is 0 Å². The van der Waals surface area contributed by atoms with Gasteiger partial charge in [-0.25, -0.2) is 13.6 Å². The van der Waals surface area contributed by atoms with Crippen LogP contribution >= 0.6 is 33.9 Å². The van der Waals surface area contributed by atoms with Gasteiger partial charge in [-0.15, -0.1) is 11.3 Å². The predicted octanol–water partition coefficient (Wildman–Crippen LogP) is 1.61. The van der Waals surface area contributed by atoms with E-state index in [0.29, 0.717) is 12.6 Å². The molecule has 0 saturated carbocycles. The number of fused-ring (bicyclic) bond motifs is 1. The van der Waals surface area contributed by atoms with Crippen LogP contribution in [0, 0.1) is 2.88 Å². The van der Waals surface area contributed by atoms with Crippen LogP contribution in [0.3, 0.4) is 0 Å². The summed E-state index contributed by atoms with van der Waals surface area (Å²) in [6.45, 7) is 0.426. The summed E-state index contributed by atoms with van der Waals surface area (Å²) in [5.74, 6) is 0.0000621. The summed E-state index contributed by atoms with van der Waals surface area (Å²) < 4.78 is 23.0. The number of nitrogens with one attached hydrogen (secondary N) is 1. The van der Waals surface area contributed by atoms with Gasteiger partial charge in [0.25, 0.3) is 0 Å². The molecule has 0 fully saturated rings. The Labute approximate surface area is 119 Å². The van der Waals surface area contributed by atoms with Crippen LogP contribution in [-0.2, 0) is 16.4 Å². The van der Waals surface area contributed by atoms with Gasteiger partial charge in [0.05, 0.1) is 8.64 Å². The maximum atomic E-state index is 10.9. The fraction of sp³-hybridized carbons (Fsp3) is 0.600. The lowest BCUT2D eigenvalue weighted by atomic mass is 9.94. The lowest BCUT2D eigenvalue weighted by molar-refractivity contribution is 0.475. The number of rotatable bonds is 4. The predicted molar refractivity (Wildman–Crippen MR) is 78.7 cm³/mol. The van der Waals surface area contributed by atoms with E-state index in [4.69, 9.17) is 5.14 Å². The SMILES string of the molecule is NS(=O)(=O)CCNC1CCCc2sc(I)cc21. The third kappa shape index (κ3) is 3.88. The third-order valence-electron chi connectivity index (χ3n) is 2.86. The molecule has 0 bridgehead atoms. The van der Waals surface area contributed by atoms with Crippen molar-refractivity contribution < 1.29 is 8.42 Å². The fourth-order valence-corrected chi connectivity index (χ4v) is 4.63. The molecule has 2 rings (SSSR count). The Morgan fingerprint density at radius 2 is 2.35 bits per heavy atom. The Balaban J connectivity index is 1.99. The first kappa shape index (κ1) is 13.7. The minimum Gasteiger partial charge on any atom is -0.309 e. The van der Waals surface area contributed by atoms with E-state index in [2.05, 4.69) is 34.0 Å². The van der Waals surface area contributed by atoms with Crippen molar-refractivity contribution in [2.75, 3.05) is 12.3 Å². The number of nitrogens with two attached hydrogens (primary N) is 1. The zero-order chi connectivity index (χ0) is 12.5. The summed E-state index contributed by atoms with van der Waals surface area (Å²) in [5, 5.41) is 8.27. The molecule has 17 heavy (non-hydrogen) atoms. The summed E-state index contributed by atoms with van der Waals surface area (Å²) in [6.07, 6.45) is 3.39. The molecule has 1 heterocycles. The van der Waals surface area contributed by atoms with Gasteiger partial charge in [-0.05, 0) is 53.5 Å². The number of hydrogen-bond acceptors (Lipinski definition) is 4. The largest absolute Gasteiger partial charge is 0.309 e. The average molecular weight is 386 g/mol. The molecule has 1 unspecified atom stereocenters. The van der Waals surface area contributed by atoms with Gasteiger partial charge < -0.3 is 5.32 Å². The molecule has 3 N–H and O–H groups in total. The van der Waals surface area contributed by atoms with Crippen molar-refractivity contribution in [2.45, 2.75) is 25.3 Å². The number of hydrogen-bond donors (Lipinski definition) is 2. The molecule has 1 aliphatic rings. The number of thiophene rings is 1. The molecule has 0 saturated heterocycles. The normalized spacial score (nSPS) is 20.2.